The molecule has 0 unspecified atom stereocenters. The highest BCUT2D eigenvalue weighted by atomic mass is 19.1. The van der Waals surface area contributed by atoms with Gasteiger partial charge in [-0.2, -0.15) is 5.10 Å². The van der Waals surface area contributed by atoms with Crippen LogP contribution in [0.15, 0.2) is 60.8 Å². The third-order valence-corrected chi connectivity index (χ3v) is 5.61. The molecule has 0 spiro atoms. The second-order valence-electron chi connectivity index (χ2n) is 7.86. The number of nitrogens with zero attached hydrogens (tertiary/aromatic N) is 3. The molecule has 0 saturated carbocycles. The van der Waals surface area contributed by atoms with Gasteiger partial charge in [-0.15, -0.1) is 0 Å². The smallest absolute Gasteiger partial charge is 0.309 e. The maximum atomic E-state index is 13.4. The summed E-state index contributed by atoms with van der Waals surface area (Å²) < 4.78 is 26.0. The molecule has 2 heterocycles. The number of ether oxygens (including phenoxy) is 2. The molecule has 0 atom stereocenters. The minimum absolute atomic E-state index is 0.185. The topological polar surface area (TPSA) is 73.7 Å². The number of aromatic nitrogens is 2. The van der Waals surface area contributed by atoms with Gasteiger partial charge in [0.05, 0.1) is 24.4 Å². The second kappa shape index (κ2) is 10.3. The van der Waals surface area contributed by atoms with Gasteiger partial charge in [-0.25, -0.2) is 9.07 Å². The Morgan fingerprint density at radius 1 is 1.06 bits per heavy atom. The Morgan fingerprint density at radius 3 is 2.42 bits per heavy atom. The third-order valence-electron chi connectivity index (χ3n) is 5.61. The first-order valence-electron chi connectivity index (χ1n) is 11.0. The van der Waals surface area contributed by atoms with Crippen LogP contribution in [-0.2, 0) is 16.1 Å². The van der Waals surface area contributed by atoms with Gasteiger partial charge in [0.1, 0.15) is 12.4 Å². The number of rotatable bonds is 7. The van der Waals surface area contributed by atoms with E-state index in [1.54, 1.807) is 30.2 Å². The molecule has 1 aromatic heterocycles. The van der Waals surface area contributed by atoms with E-state index in [0.29, 0.717) is 44.0 Å². The lowest BCUT2D eigenvalue weighted by Crippen LogP contribution is -2.41. The van der Waals surface area contributed by atoms with Crippen molar-refractivity contribution < 1.29 is 23.5 Å². The van der Waals surface area contributed by atoms with Crippen LogP contribution in [0, 0.1) is 11.7 Å². The van der Waals surface area contributed by atoms with Crippen LogP contribution in [0.3, 0.4) is 0 Å². The van der Waals surface area contributed by atoms with E-state index in [1.165, 1.54) is 16.8 Å². The summed E-state index contributed by atoms with van der Waals surface area (Å²) in [4.78, 5) is 27.0. The molecule has 1 aliphatic rings. The highest BCUT2D eigenvalue weighted by Crippen LogP contribution is 2.26. The normalized spacial score (nSPS) is 14.2. The summed E-state index contributed by atoms with van der Waals surface area (Å²) in [6.07, 6.45) is 2.72. The Morgan fingerprint density at radius 2 is 1.76 bits per heavy atom. The Labute approximate surface area is 191 Å². The van der Waals surface area contributed by atoms with Gasteiger partial charge >= 0.3 is 5.97 Å². The highest BCUT2D eigenvalue weighted by Gasteiger charge is 2.31. The molecule has 7 nitrogen and oxygen atoms in total. The Balaban J connectivity index is 1.54. The largest absolute Gasteiger partial charge is 0.485 e. The van der Waals surface area contributed by atoms with Crippen LogP contribution in [0.4, 0.5) is 4.39 Å². The zero-order valence-electron chi connectivity index (χ0n) is 18.4. The van der Waals surface area contributed by atoms with Gasteiger partial charge < -0.3 is 14.4 Å². The van der Waals surface area contributed by atoms with Gasteiger partial charge in [-0.05, 0) is 49.6 Å². The van der Waals surface area contributed by atoms with E-state index in [4.69, 9.17) is 9.47 Å². The standard InChI is InChI=1S/C25H26FN3O4/c1-2-32-25(31)19-12-14-28(15-13-19)24(30)23-22(33-17-18-6-4-3-5-7-18)16-29(27-23)21-10-8-20(26)9-11-21/h3-11,16,19H,2,12-15,17H2,1H3. The van der Waals surface area contributed by atoms with Crippen molar-refractivity contribution in [2.24, 2.45) is 5.92 Å². The quantitative estimate of drug-likeness (QED) is 0.508. The van der Waals surface area contributed by atoms with Crippen LogP contribution in [0.2, 0.25) is 0 Å². The molecule has 1 aliphatic heterocycles. The lowest BCUT2D eigenvalue weighted by molar-refractivity contribution is -0.149. The first kappa shape index (κ1) is 22.5. The van der Waals surface area contributed by atoms with Crippen LogP contribution in [-0.4, -0.2) is 46.3 Å². The molecule has 1 amide bonds. The fraction of sp³-hybridized carbons (Fsp3) is 0.320. The summed E-state index contributed by atoms with van der Waals surface area (Å²) >= 11 is 0. The van der Waals surface area contributed by atoms with Crippen LogP contribution in [0.5, 0.6) is 5.75 Å². The molecule has 1 fully saturated rings. The number of hydrogen-bond acceptors (Lipinski definition) is 5. The van der Waals surface area contributed by atoms with Crippen molar-refractivity contribution in [3.05, 3.63) is 77.9 Å². The van der Waals surface area contributed by atoms with Crippen LogP contribution in [0.25, 0.3) is 5.69 Å². The SMILES string of the molecule is CCOC(=O)C1CCN(C(=O)c2nn(-c3ccc(F)cc3)cc2OCc2ccccc2)CC1. The molecule has 0 aliphatic carbocycles. The van der Waals surface area contributed by atoms with Crippen LogP contribution < -0.4 is 4.74 Å². The summed E-state index contributed by atoms with van der Waals surface area (Å²) in [6.45, 7) is 3.28. The molecule has 2 aromatic carbocycles. The average Bonchev–Trinajstić information content (AvgIpc) is 3.28. The molecule has 3 aromatic rings. The molecule has 0 bridgehead atoms. The first-order valence-corrected chi connectivity index (χ1v) is 11.0. The van der Waals surface area contributed by atoms with E-state index >= 15 is 0 Å². The molecule has 0 radical (unpaired) electrons. The van der Waals surface area contributed by atoms with E-state index in [2.05, 4.69) is 5.10 Å². The summed E-state index contributed by atoms with van der Waals surface area (Å²) in [6, 6.07) is 15.5. The molecule has 4 rings (SSSR count). The lowest BCUT2D eigenvalue weighted by atomic mass is 9.97. The highest BCUT2D eigenvalue weighted by molar-refractivity contribution is 5.95. The van der Waals surface area contributed by atoms with Crippen LogP contribution in [0.1, 0.15) is 35.8 Å². The predicted molar refractivity (Wildman–Crippen MR) is 120 cm³/mol. The van der Waals surface area contributed by atoms with Crippen molar-refractivity contribution in [1.29, 1.82) is 0 Å². The Kier molecular flexibility index (Phi) is 7.02. The molecule has 33 heavy (non-hydrogen) atoms. The van der Waals surface area contributed by atoms with E-state index in [1.807, 2.05) is 30.3 Å². The van der Waals surface area contributed by atoms with Crippen molar-refractivity contribution in [3.8, 4) is 11.4 Å². The van der Waals surface area contributed by atoms with Crippen molar-refractivity contribution in [2.75, 3.05) is 19.7 Å². The molecule has 1 saturated heterocycles. The monoisotopic (exact) mass is 451 g/mol. The lowest BCUT2D eigenvalue weighted by Gasteiger charge is -2.30. The molecular weight excluding hydrogens is 425 g/mol. The third kappa shape index (κ3) is 5.39. The fourth-order valence-corrected chi connectivity index (χ4v) is 3.80. The number of benzene rings is 2. The van der Waals surface area contributed by atoms with Gasteiger partial charge in [0.25, 0.3) is 5.91 Å². The van der Waals surface area contributed by atoms with Gasteiger partial charge in [-0.1, -0.05) is 30.3 Å². The van der Waals surface area contributed by atoms with Gasteiger partial charge in [-0.3, -0.25) is 9.59 Å². The zero-order valence-corrected chi connectivity index (χ0v) is 18.4. The summed E-state index contributed by atoms with van der Waals surface area (Å²) in [5.74, 6) is -0.675. The zero-order chi connectivity index (χ0) is 23.2. The van der Waals surface area contributed by atoms with E-state index in [-0.39, 0.29) is 35.9 Å². The molecular formula is C25H26FN3O4. The maximum absolute atomic E-state index is 13.4. The minimum atomic E-state index is -0.354. The van der Waals surface area contributed by atoms with Crippen molar-refractivity contribution in [3.63, 3.8) is 0 Å². The number of likely N-dealkylation sites (tertiary alicyclic amines) is 1. The molecule has 0 N–H and O–H groups in total. The van der Waals surface area contributed by atoms with Gasteiger partial charge in [0, 0.05) is 13.1 Å². The maximum Gasteiger partial charge on any atom is 0.309 e. The number of halogens is 1. The van der Waals surface area contributed by atoms with Crippen molar-refractivity contribution >= 4 is 11.9 Å². The number of amides is 1. The van der Waals surface area contributed by atoms with E-state index < -0.39 is 0 Å². The summed E-state index contributed by atoms with van der Waals surface area (Å²) in [5.41, 5.74) is 1.76. The fourth-order valence-electron chi connectivity index (χ4n) is 3.80. The van der Waals surface area contributed by atoms with E-state index in [9.17, 15) is 14.0 Å². The number of hydrogen-bond donors (Lipinski definition) is 0. The van der Waals surface area contributed by atoms with Crippen LogP contribution >= 0.6 is 0 Å². The van der Waals surface area contributed by atoms with Crippen molar-refractivity contribution in [1.82, 2.24) is 14.7 Å². The van der Waals surface area contributed by atoms with Gasteiger partial charge in [0.15, 0.2) is 11.4 Å². The Bertz CT molecular complexity index is 1090. The summed E-state index contributed by atoms with van der Waals surface area (Å²) in [7, 11) is 0. The number of piperidine rings is 1. The predicted octanol–water partition coefficient (Wildman–Crippen LogP) is 4.01. The minimum Gasteiger partial charge on any atom is -0.485 e. The Hall–Kier alpha value is -3.68. The summed E-state index contributed by atoms with van der Waals surface area (Å²) in [5, 5.41) is 4.47. The average molecular weight is 451 g/mol. The second-order valence-corrected chi connectivity index (χ2v) is 7.86. The molecule has 8 heteroatoms. The number of carbonyl (C=O) groups is 2. The van der Waals surface area contributed by atoms with Crippen molar-refractivity contribution in [2.45, 2.75) is 26.4 Å². The first-order chi connectivity index (χ1) is 16.0. The molecule has 172 valence electrons. The van der Waals surface area contributed by atoms with Gasteiger partial charge in [0.2, 0.25) is 0 Å². The van der Waals surface area contributed by atoms with E-state index in [0.717, 1.165) is 5.56 Å². The number of esters is 1. The number of carbonyl (C=O) groups excluding carboxylic acids is 2.